The van der Waals surface area contributed by atoms with Gasteiger partial charge in [0.25, 0.3) is 5.91 Å². The molecule has 7 heteroatoms. The molecule has 134 valence electrons. The molecule has 26 heavy (non-hydrogen) atoms. The predicted molar refractivity (Wildman–Crippen MR) is 99.7 cm³/mol. The van der Waals surface area contributed by atoms with E-state index >= 15 is 0 Å². The van der Waals surface area contributed by atoms with E-state index in [9.17, 15) is 14.7 Å². The topological polar surface area (TPSA) is 117 Å². The zero-order valence-corrected chi connectivity index (χ0v) is 14.3. The van der Waals surface area contributed by atoms with Gasteiger partial charge in [-0.15, -0.1) is 0 Å². The normalized spacial score (nSPS) is 16.4. The Kier molecular flexibility index (Phi) is 4.99. The van der Waals surface area contributed by atoms with Crippen molar-refractivity contribution in [2.45, 2.75) is 18.5 Å². The lowest BCUT2D eigenvalue weighted by molar-refractivity contribution is -0.141. The number of hydrogen-bond acceptors (Lipinski definition) is 5. The minimum Gasteiger partial charge on any atom is -0.480 e. The number of nitrogens with zero attached hydrogens (tertiary/aromatic N) is 1. The Bertz CT molecular complexity index is 861. The summed E-state index contributed by atoms with van der Waals surface area (Å²) in [7, 11) is 1.80. The molecule has 0 radical (unpaired) electrons. The van der Waals surface area contributed by atoms with Gasteiger partial charge >= 0.3 is 5.97 Å². The van der Waals surface area contributed by atoms with E-state index in [1.807, 2.05) is 42.5 Å². The fourth-order valence-electron chi connectivity index (χ4n) is 2.87. The molecule has 7 nitrogen and oxygen atoms in total. The average Bonchev–Trinajstić information content (AvgIpc) is 2.99. The van der Waals surface area contributed by atoms with Gasteiger partial charge in [0.2, 0.25) is 0 Å². The first-order chi connectivity index (χ1) is 12.5. The second-order valence-corrected chi connectivity index (χ2v) is 6.05. The fraction of sp³-hybridized carbons (Fsp3) is 0.211. The number of rotatable bonds is 6. The van der Waals surface area contributed by atoms with Crippen molar-refractivity contribution in [1.29, 1.82) is 0 Å². The maximum Gasteiger partial charge on any atom is 0.326 e. The quantitative estimate of drug-likeness (QED) is 0.630. The van der Waals surface area contributed by atoms with Gasteiger partial charge in [-0.25, -0.2) is 9.79 Å². The predicted octanol–water partition coefficient (Wildman–Crippen LogP) is 1.63. The summed E-state index contributed by atoms with van der Waals surface area (Å²) in [5, 5.41) is 15.0. The molecule has 0 saturated carbocycles. The summed E-state index contributed by atoms with van der Waals surface area (Å²) in [5.74, 6) is -1.67. The van der Waals surface area contributed by atoms with Crippen LogP contribution in [0.5, 0.6) is 0 Å². The van der Waals surface area contributed by atoms with E-state index in [0.29, 0.717) is 5.69 Å². The highest BCUT2D eigenvalue weighted by Gasteiger charge is 2.31. The number of nitrogens with two attached hydrogens (primary N) is 1. The largest absolute Gasteiger partial charge is 0.480 e. The van der Waals surface area contributed by atoms with Crippen LogP contribution in [0, 0.1) is 0 Å². The Balaban J connectivity index is 1.72. The number of aliphatic carboxylic acids is 1. The van der Waals surface area contributed by atoms with Crippen LogP contribution in [0.1, 0.15) is 17.2 Å². The van der Waals surface area contributed by atoms with Crippen LogP contribution in [0.2, 0.25) is 0 Å². The molecule has 0 spiro atoms. The molecular weight excluding hydrogens is 332 g/mol. The second kappa shape index (κ2) is 7.37. The third kappa shape index (κ3) is 3.57. The Morgan fingerprint density at radius 2 is 1.88 bits per heavy atom. The Morgan fingerprint density at radius 3 is 2.50 bits per heavy atom. The Hall–Kier alpha value is -3.19. The molecule has 0 saturated heterocycles. The number of benzene rings is 2. The highest BCUT2D eigenvalue weighted by Crippen LogP contribution is 2.32. The van der Waals surface area contributed by atoms with Crippen molar-refractivity contribution in [2.24, 2.45) is 10.7 Å². The highest BCUT2D eigenvalue weighted by atomic mass is 16.4. The van der Waals surface area contributed by atoms with Crippen molar-refractivity contribution in [2.75, 3.05) is 12.4 Å². The van der Waals surface area contributed by atoms with E-state index in [0.717, 1.165) is 16.8 Å². The molecule has 0 aromatic heterocycles. The number of carbonyl (C=O) groups is 2. The monoisotopic (exact) mass is 352 g/mol. The molecular formula is C19H20N4O3. The lowest BCUT2D eigenvalue weighted by Crippen LogP contribution is -2.46. The van der Waals surface area contributed by atoms with Crippen LogP contribution >= 0.6 is 0 Å². The number of para-hydroxylation sites is 1. The van der Waals surface area contributed by atoms with Crippen LogP contribution in [0.3, 0.4) is 0 Å². The van der Waals surface area contributed by atoms with Gasteiger partial charge in [0.15, 0.2) is 0 Å². The van der Waals surface area contributed by atoms with Gasteiger partial charge in [0.05, 0.1) is 11.7 Å². The van der Waals surface area contributed by atoms with Crippen LogP contribution in [0.15, 0.2) is 53.5 Å². The minimum absolute atomic E-state index is 0.128. The van der Waals surface area contributed by atoms with E-state index in [-0.39, 0.29) is 12.1 Å². The SMILES string of the molecule is CNc1ccc(CC(NC(=O)C2=Nc3ccccc3C2N)C(=O)O)cc1. The van der Waals surface area contributed by atoms with Crippen LogP contribution in [0.25, 0.3) is 0 Å². The maximum absolute atomic E-state index is 12.5. The number of fused-ring (bicyclic) bond motifs is 1. The van der Waals surface area contributed by atoms with Crippen LogP contribution in [0.4, 0.5) is 11.4 Å². The molecule has 1 aliphatic heterocycles. The molecule has 3 rings (SSSR count). The molecule has 1 aliphatic rings. The maximum atomic E-state index is 12.5. The van der Waals surface area contributed by atoms with E-state index in [1.165, 1.54) is 0 Å². The van der Waals surface area contributed by atoms with Gasteiger partial charge < -0.3 is 21.5 Å². The van der Waals surface area contributed by atoms with Crippen LogP contribution < -0.4 is 16.4 Å². The van der Waals surface area contributed by atoms with E-state index in [2.05, 4.69) is 15.6 Å². The first-order valence-corrected chi connectivity index (χ1v) is 8.23. The van der Waals surface area contributed by atoms with Crippen LogP contribution in [-0.2, 0) is 16.0 Å². The minimum atomic E-state index is -1.11. The summed E-state index contributed by atoms with van der Waals surface area (Å²) in [6.45, 7) is 0. The van der Waals surface area contributed by atoms with Crippen molar-refractivity contribution in [1.82, 2.24) is 5.32 Å². The van der Waals surface area contributed by atoms with Gasteiger partial charge in [-0.1, -0.05) is 30.3 Å². The zero-order chi connectivity index (χ0) is 18.7. The zero-order valence-electron chi connectivity index (χ0n) is 14.3. The van der Waals surface area contributed by atoms with Crippen molar-refractivity contribution in [3.8, 4) is 0 Å². The Morgan fingerprint density at radius 1 is 1.19 bits per heavy atom. The van der Waals surface area contributed by atoms with Crippen molar-refractivity contribution in [3.05, 3.63) is 59.7 Å². The summed E-state index contributed by atoms with van der Waals surface area (Å²) < 4.78 is 0. The average molecular weight is 352 g/mol. The molecule has 2 unspecified atom stereocenters. The van der Waals surface area contributed by atoms with Crippen molar-refractivity contribution >= 4 is 29.0 Å². The van der Waals surface area contributed by atoms with Crippen molar-refractivity contribution < 1.29 is 14.7 Å². The molecule has 2 aromatic carbocycles. The lowest BCUT2D eigenvalue weighted by atomic mass is 10.0. The standard InChI is InChI=1S/C19H20N4O3/c1-21-12-8-6-11(7-9-12)10-15(19(25)26)23-18(24)17-16(20)13-4-2-3-5-14(13)22-17/h2-9,15-16,21H,10,20H2,1H3,(H,23,24)(H,25,26). The summed E-state index contributed by atoms with van der Waals surface area (Å²) in [6, 6.07) is 12.8. The third-order valence-corrected chi connectivity index (χ3v) is 4.33. The fourth-order valence-corrected chi connectivity index (χ4v) is 2.87. The van der Waals surface area contributed by atoms with Crippen LogP contribution in [-0.4, -0.2) is 35.8 Å². The van der Waals surface area contributed by atoms with E-state index in [4.69, 9.17) is 5.73 Å². The van der Waals surface area contributed by atoms with Gasteiger partial charge in [-0.2, -0.15) is 0 Å². The molecule has 1 amide bonds. The number of amides is 1. The molecule has 0 fully saturated rings. The van der Waals surface area contributed by atoms with Gasteiger partial charge in [0, 0.05) is 24.7 Å². The van der Waals surface area contributed by atoms with E-state index < -0.39 is 24.0 Å². The van der Waals surface area contributed by atoms with Crippen molar-refractivity contribution in [3.63, 3.8) is 0 Å². The summed E-state index contributed by atoms with van der Waals surface area (Å²) >= 11 is 0. The summed E-state index contributed by atoms with van der Waals surface area (Å²) in [4.78, 5) is 28.4. The van der Waals surface area contributed by atoms with Gasteiger partial charge in [-0.05, 0) is 23.8 Å². The smallest absolute Gasteiger partial charge is 0.326 e. The Labute approximate surface area is 150 Å². The number of nitrogens with one attached hydrogen (secondary N) is 2. The molecule has 0 bridgehead atoms. The highest BCUT2D eigenvalue weighted by molar-refractivity contribution is 6.42. The number of carboxylic acid groups (broad SMARTS) is 1. The number of hydrogen-bond donors (Lipinski definition) is 4. The second-order valence-electron chi connectivity index (χ2n) is 6.05. The van der Waals surface area contributed by atoms with E-state index in [1.54, 1.807) is 13.1 Å². The molecule has 0 aliphatic carbocycles. The van der Waals surface area contributed by atoms with Gasteiger partial charge in [0.1, 0.15) is 11.8 Å². The third-order valence-electron chi connectivity index (χ3n) is 4.33. The molecule has 2 atom stereocenters. The van der Waals surface area contributed by atoms with Gasteiger partial charge in [-0.3, -0.25) is 4.79 Å². The lowest BCUT2D eigenvalue weighted by Gasteiger charge is -2.16. The number of carboxylic acids is 1. The number of aliphatic imine (C=N–C) groups is 1. The first kappa shape index (κ1) is 17.6. The first-order valence-electron chi connectivity index (χ1n) is 8.23. The molecule has 5 N–H and O–H groups in total. The molecule has 2 aromatic rings. The molecule has 1 heterocycles. The number of carbonyl (C=O) groups excluding carboxylic acids is 1. The summed E-state index contributed by atoms with van der Waals surface area (Å²) in [5.41, 5.74) is 9.33. The summed E-state index contributed by atoms with van der Waals surface area (Å²) in [6.07, 6.45) is 0.167. The number of anilines is 1.